The molecule has 2 aliphatic rings. The lowest BCUT2D eigenvalue weighted by atomic mass is 9.80. The topological polar surface area (TPSA) is 75.0 Å². The van der Waals surface area contributed by atoms with Gasteiger partial charge in [0.05, 0.1) is 24.8 Å². The monoisotopic (exact) mass is 489 g/mol. The van der Waals surface area contributed by atoms with Crippen LogP contribution in [0.1, 0.15) is 55.5 Å². The van der Waals surface area contributed by atoms with E-state index in [-0.39, 0.29) is 31.1 Å². The second kappa shape index (κ2) is 9.70. The van der Waals surface area contributed by atoms with Gasteiger partial charge < -0.3 is 14.7 Å². The van der Waals surface area contributed by atoms with Crippen molar-refractivity contribution in [3.05, 3.63) is 65.0 Å². The van der Waals surface area contributed by atoms with Gasteiger partial charge in [-0.25, -0.2) is 0 Å². The zero-order chi connectivity index (χ0) is 25.4. The highest BCUT2D eigenvalue weighted by Gasteiger charge is 2.46. The SMILES string of the molecule is C[C@@H]1CN(C2=NCc3cc(CC(=O)C[C@@H](c4ccccc4)C(C)(C)O)ncc32)C[C@H](C(F)(F)F)O1. The Bertz CT molecular complexity index is 1100. The fourth-order valence-corrected chi connectivity index (χ4v) is 4.76. The van der Waals surface area contributed by atoms with Crippen LogP contribution >= 0.6 is 0 Å². The third-order valence-electron chi connectivity index (χ3n) is 6.48. The van der Waals surface area contributed by atoms with Crippen LogP contribution in [0.2, 0.25) is 0 Å². The lowest BCUT2D eigenvalue weighted by Crippen LogP contribution is -2.54. The zero-order valence-electron chi connectivity index (χ0n) is 20.0. The van der Waals surface area contributed by atoms with Gasteiger partial charge in [-0.05, 0) is 38.0 Å². The number of ketones is 1. The quantitative estimate of drug-likeness (QED) is 0.663. The van der Waals surface area contributed by atoms with Gasteiger partial charge in [0, 0.05) is 42.8 Å². The molecule has 35 heavy (non-hydrogen) atoms. The first-order valence-corrected chi connectivity index (χ1v) is 11.7. The lowest BCUT2D eigenvalue weighted by Gasteiger charge is -2.38. The molecular weight excluding hydrogens is 459 g/mol. The van der Waals surface area contributed by atoms with Gasteiger partial charge in [0.25, 0.3) is 0 Å². The van der Waals surface area contributed by atoms with Crippen molar-refractivity contribution in [2.75, 3.05) is 13.1 Å². The van der Waals surface area contributed by atoms with E-state index in [0.29, 0.717) is 30.2 Å². The van der Waals surface area contributed by atoms with E-state index in [1.807, 2.05) is 30.3 Å². The summed E-state index contributed by atoms with van der Waals surface area (Å²) in [4.78, 5) is 23.4. The zero-order valence-corrected chi connectivity index (χ0v) is 20.0. The maximum atomic E-state index is 13.3. The Morgan fingerprint density at radius 2 is 1.94 bits per heavy atom. The summed E-state index contributed by atoms with van der Waals surface area (Å²) in [7, 11) is 0. The number of carbonyl (C=O) groups excluding carboxylic acids is 1. The average molecular weight is 490 g/mol. The predicted molar refractivity (Wildman–Crippen MR) is 125 cm³/mol. The normalized spacial score (nSPS) is 21.5. The first-order valence-electron chi connectivity index (χ1n) is 11.7. The molecule has 9 heteroatoms. The summed E-state index contributed by atoms with van der Waals surface area (Å²) in [5, 5.41) is 10.6. The Morgan fingerprint density at radius 3 is 2.60 bits per heavy atom. The molecule has 3 heterocycles. The molecule has 1 saturated heterocycles. The molecule has 3 atom stereocenters. The average Bonchev–Trinajstić information content (AvgIpc) is 3.19. The number of morpholine rings is 1. The number of aromatic nitrogens is 1. The van der Waals surface area contributed by atoms with Crippen molar-refractivity contribution < 1.29 is 27.8 Å². The number of amidine groups is 1. The van der Waals surface area contributed by atoms with Gasteiger partial charge in [0.1, 0.15) is 11.6 Å². The fourth-order valence-electron chi connectivity index (χ4n) is 4.76. The van der Waals surface area contributed by atoms with Crippen LogP contribution < -0.4 is 0 Å². The van der Waals surface area contributed by atoms with Crippen molar-refractivity contribution in [2.45, 2.75) is 70.1 Å². The summed E-state index contributed by atoms with van der Waals surface area (Å²) in [5.74, 6) is 0.0778. The first kappa shape index (κ1) is 25.3. The van der Waals surface area contributed by atoms with Gasteiger partial charge in [-0.2, -0.15) is 13.2 Å². The maximum absolute atomic E-state index is 13.3. The third-order valence-corrected chi connectivity index (χ3v) is 6.48. The summed E-state index contributed by atoms with van der Waals surface area (Å²) >= 11 is 0. The summed E-state index contributed by atoms with van der Waals surface area (Å²) in [6.45, 7) is 5.32. The van der Waals surface area contributed by atoms with Crippen molar-refractivity contribution in [3.63, 3.8) is 0 Å². The molecule has 0 amide bonds. The van der Waals surface area contributed by atoms with Crippen molar-refractivity contribution in [1.29, 1.82) is 0 Å². The Labute approximate surface area is 202 Å². The Morgan fingerprint density at radius 1 is 1.23 bits per heavy atom. The number of aliphatic imine (C=N–C) groups is 1. The van der Waals surface area contributed by atoms with Crippen LogP contribution in [0.5, 0.6) is 0 Å². The van der Waals surface area contributed by atoms with Gasteiger partial charge in [-0.1, -0.05) is 30.3 Å². The highest BCUT2D eigenvalue weighted by molar-refractivity contribution is 6.02. The Hall–Kier alpha value is -2.78. The van der Waals surface area contributed by atoms with Crippen LogP contribution in [0.3, 0.4) is 0 Å². The summed E-state index contributed by atoms with van der Waals surface area (Å²) in [6.07, 6.45) is -5.03. The number of ether oxygens (including phenoxy) is 1. The highest BCUT2D eigenvalue weighted by Crippen LogP contribution is 2.33. The maximum Gasteiger partial charge on any atom is 0.416 e. The number of hydrogen-bond donors (Lipinski definition) is 1. The fraction of sp³-hybridized carbons (Fsp3) is 0.500. The minimum Gasteiger partial charge on any atom is -0.390 e. The van der Waals surface area contributed by atoms with Gasteiger partial charge in [-0.15, -0.1) is 0 Å². The van der Waals surface area contributed by atoms with Crippen LogP contribution in [0.25, 0.3) is 0 Å². The predicted octanol–water partition coefficient (Wildman–Crippen LogP) is 4.05. The number of pyridine rings is 1. The number of fused-ring (bicyclic) bond motifs is 1. The van der Waals surface area contributed by atoms with Gasteiger partial charge in [-0.3, -0.25) is 14.8 Å². The summed E-state index contributed by atoms with van der Waals surface area (Å²) in [5.41, 5.74) is 1.92. The number of Topliss-reactive ketones (excluding diaryl/α,β-unsaturated/α-hetero) is 1. The van der Waals surface area contributed by atoms with Gasteiger partial charge >= 0.3 is 6.18 Å². The van der Waals surface area contributed by atoms with E-state index in [9.17, 15) is 23.1 Å². The van der Waals surface area contributed by atoms with Crippen LogP contribution in [-0.4, -0.2) is 63.7 Å². The number of aliphatic hydroxyl groups is 1. The van der Waals surface area contributed by atoms with Crippen LogP contribution in [0.15, 0.2) is 47.6 Å². The highest BCUT2D eigenvalue weighted by atomic mass is 19.4. The van der Waals surface area contributed by atoms with E-state index in [1.54, 1.807) is 37.9 Å². The number of carbonyl (C=O) groups is 1. The van der Waals surface area contributed by atoms with E-state index >= 15 is 0 Å². The molecule has 0 spiro atoms. The molecule has 2 aliphatic heterocycles. The third kappa shape index (κ3) is 5.90. The number of alkyl halides is 3. The van der Waals surface area contributed by atoms with Crippen molar-refractivity contribution in [2.24, 2.45) is 4.99 Å². The number of nitrogens with zero attached hydrogens (tertiary/aromatic N) is 3. The van der Waals surface area contributed by atoms with Crippen molar-refractivity contribution in [3.8, 4) is 0 Å². The summed E-state index contributed by atoms with van der Waals surface area (Å²) in [6, 6.07) is 11.3. The molecule has 0 aliphatic carbocycles. The Balaban J connectivity index is 1.45. The van der Waals surface area contributed by atoms with Crippen LogP contribution in [0, 0.1) is 0 Å². The standard InChI is InChI=1S/C26H30F3N3O3/c1-16-14-32(15-23(35-16)26(27,28)29)24-21-13-30-19(9-18(21)12-31-24)10-20(33)11-22(25(2,3)34)17-7-5-4-6-8-17/h4-9,13,16,22-23,34H,10-12,14-15H2,1-3H3/t16-,22+,23-/m1/s1. The molecule has 1 aromatic carbocycles. The van der Waals surface area contributed by atoms with Crippen LogP contribution in [0.4, 0.5) is 13.2 Å². The largest absolute Gasteiger partial charge is 0.416 e. The molecule has 6 nitrogen and oxygen atoms in total. The second-order valence-corrected chi connectivity index (χ2v) is 9.89. The number of rotatable bonds is 6. The van der Waals surface area contributed by atoms with E-state index in [0.717, 1.165) is 11.1 Å². The minimum absolute atomic E-state index is 0.0532. The molecule has 2 aromatic rings. The van der Waals surface area contributed by atoms with E-state index < -0.39 is 24.0 Å². The smallest absolute Gasteiger partial charge is 0.390 e. The molecule has 188 valence electrons. The van der Waals surface area contributed by atoms with Crippen LogP contribution in [-0.2, 0) is 22.5 Å². The Kier molecular flexibility index (Phi) is 7.02. The van der Waals surface area contributed by atoms with Crippen molar-refractivity contribution >= 4 is 11.6 Å². The molecule has 0 saturated carbocycles. The molecule has 1 aromatic heterocycles. The van der Waals surface area contributed by atoms with E-state index in [2.05, 4.69) is 9.98 Å². The van der Waals surface area contributed by atoms with E-state index in [1.165, 1.54) is 0 Å². The van der Waals surface area contributed by atoms with Crippen molar-refractivity contribution in [1.82, 2.24) is 9.88 Å². The second-order valence-electron chi connectivity index (χ2n) is 9.89. The molecule has 0 radical (unpaired) electrons. The number of benzene rings is 1. The molecule has 0 bridgehead atoms. The summed E-state index contributed by atoms with van der Waals surface area (Å²) < 4.78 is 44.9. The molecule has 1 fully saturated rings. The number of hydrogen-bond acceptors (Lipinski definition) is 6. The van der Waals surface area contributed by atoms with E-state index in [4.69, 9.17) is 4.74 Å². The van der Waals surface area contributed by atoms with Gasteiger partial charge in [0.15, 0.2) is 6.10 Å². The first-order chi connectivity index (χ1) is 16.4. The number of halogens is 3. The lowest BCUT2D eigenvalue weighted by molar-refractivity contribution is -0.246. The molecule has 0 unspecified atom stereocenters. The molecular formula is C26H30F3N3O3. The minimum atomic E-state index is -4.45. The van der Waals surface area contributed by atoms with Gasteiger partial charge in [0.2, 0.25) is 0 Å². The molecule has 4 rings (SSSR count). The molecule has 1 N–H and O–H groups in total.